The van der Waals surface area contributed by atoms with Gasteiger partial charge in [-0.15, -0.1) is 0 Å². The van der Waals surface area contributed by atoms with Crippen molar-refractivity contribution >= 4 is 10.9 Å². The van der Waals surface area contributed by atoms with E-state index in [1.807, 2.05) is 0 Å². The van der Waals surface area contributed by atoms with E-state index < -0.39 is 0 Å². The number of aliphatic hydroxyl groups excluding tert-OH is 2. The van der Waals surface area contributed by atoms with Crippen molar-refractivity contribution in [2.24, 2.45) is 5.92 Å². The van der Waals surface area contributed by atoms with Crippen LogP contribution in [0.1, 0.15) is 18.4 Å². The molecular formula is C17H24N2O2. The molecule has 0 bridgehead atoms. The second kappa shape index (κ2) is 6.60. The molecule has 2 aromatic rings. The number of hydrogen-bond donors (Lipinski definition) is 2. The van der Waals surface area contributed by atoms with E-state index in [1.165, 1.54) is 16.5 Å². The van der Waals surface area contributed by atoms with E-state index in [0.29, 0.717) is 12.5 Å². The fourth-order valence-electron chi connectivity index (χ4n) is 3.32. The quantitative estimate of drug-likeness (QED) is 0.852. The van der Waals surface area contributed by atoms with Gasteiger partial charge in [0.15, 0.2) is 0 Å². The number of aliphatic hydroxyl groups is 2. The van der Waals surface area contributed by atoms with Crippen LogP contribution >= 0.6 is 0 Å². The molecule has 1 aliphatic heterocycles. The van der Waals surface area contributed by atoms with Gasteiger partial charge in [0.25, 0.3) is 0 Å². The van der Waals surface area contributed by atoms with Crippen LogP contribution < -0.4 is 0 Å². The number of fused-ring (bicyclic) bond motifs is 1. The van der Waals surface area contributed by atoms with E-state index in [0.717, 1.165) is 39.0 Å². The molecule has 1 fully saturated rings. The third-order valence-corrected chi connectivity index (χ3v) is 4.45. The Kier molecular flexibility index (Phi) is 4.58. The Morgan fingerprint density at radius 2 is 2.05 bits per heavy atom. The topological polar surface area (TPSA) is 48.6 Å². The van der Waals surface area contributed by atoms with Gasteiger partial charge in [0.1, 0.15) is 0 Å². The Labute approximate surface area is 125 Å². The van der Waals surface area contributed by atoms with E-state index in [9.17, 15) is 5.11 Å². The van der Waals surface area contributed by atoms with Gasteiger partial charge in [0.05, 0.1) is 0 Å². The summed E-state index contributed by atoms with van der Waals surface area (Å²) in [5.41, 5.74) is 2.60. The van der Waals surface area contributed by atoms with E-state index >= 15 is 0 Å². The summed E-state index contributed by atoms with van der Waals surface area (Å²) in [6.07, 6.45) is 4.11. The van der Waals surface area contributed by atoms with Crippen LogP contribution in [0.2, 0.25) is 0 Å². The standard InChI is InChI=1S/C17H24N2O2/c20-9-3-7-19-12-15(16-4-1-2-5-17(16)19)11-18-8-6-14(10-18)13-21/h1-2,4-5,12,14,20-21H,3,6-11,13H2/t14-/m0/s1. The summed E-state index contributed by atoms with van der Waals surface area (Å²) >= 11 is 0. The minimum Gasteiger partial charge on any atom is -0.396 e. The first-order valence-electron chi connectivity index (χ1n) is 7.82. The van der Waals surface area contributed by atoms with Crippen LogP contribution in [0.5, 0.6) is 0 Å². The zero-order valence-electron chi connectivity index (χ0n) is 12.4. The van der Waals surface area contributed by atoms with E-state index in [1.54, 1.807) is 0 Å². The Hall–Kier alpha value is -1.36. The third-order valence-electron chi connectivity index (χ3n) is 4.45. The summed E-state index contributed by atoms with van der Waals surface area (Å²) in [6.45, 7) is 4.40. The second-order valence-electron chi connectivity index (χ2n) is 6.01. The van der Waals surface area contributed by atoms with Gasteiger partial charge in [-0.1, -0.05) is 18.2 Å². The molecule has 0 spiro atoms. The van der Waals surface area contributed by atoms with Crippen LogP contribution in [0.15, 0.2) is 30.5 Å². The molecule has 1 aromatic carbocycles. The van der Waals surface area contributed by atoms with Gasteiger partial charge in [0.2, 0.25) is 0 Å². The van der Waals surface area contributed by atoms with Crippen molar-refractivity contribution in [2.75, 3.05) is 26.3 Å². The first-order valence-corrected chi connectivity index (χ1v) is 7.82. The molecule has 1 aromatic heterocycles. The smallest absolute Gasteiger partial charge is 0.0483 e. The molecule has 21 heavy (non-hydrogen) atoms. The summed E-state index contributed by atoms with van der Waals surface area (Å²) in [4.78, 5) is 2.43. The maximum Gasteiger partial charge on any atom is 0.0483 e. The number of hydrogen-bond acceptors (Lipinski definition) is 3. The van der Waals surface area contributed by atoms with Crippen molar-refractivity contribution in [3.63, 3.8) is 0 Å². The normalized spacial score (nSPS) is 19.6. The highest BCUT2D eigenvalue weighted by Crippen LogP contribution is 2.25. The first-order chi connectivity index (χ1) is 10.3. The average Bonchev–Trinajstić information content (AvgIpc) is 3.11. The lowest BCUT2D eigenvalue weighted by molar-refractivity contribution is 0.220. The molecule has 0 saturated carbocycles. The SMILES string of the molecule is OCCCn1cc(CN2CC[C@H](CO)C2)c2ccccc21. The first kappa shape index (κ1) is 14.6. The third kappa shape index (κ3) is 3.12. The minimum absolute atomic E-state index is 0.228. The minimum atomic E-state index is 0.228. The lowest BCUT2D eigenvalue weighted by Crippen LogP contribution is -2.20. The van der Waals surface area contributed by atoms with E-state index in [4.69, 9.17) is 5.11 Å². The predicted molar refractivity (Wildman–Crippen MR) is 84.1 cm³/mol. The summed E-state index contributed by atoms with van der Waals surface area (Å²) in [7, 11) is 0. The maximum absolute atomic E-state index is 9.27. The Bertz CT molecular complexity index is 593. The van der Waals surface area contributed by atoms with Crippen molar-refractivity contribution < 1.29 is 10.2 Å². The van der Waals surface area contributed by atoms with Crippen LogP contribution in [-0.4, -0.2) is 46.0 Å². The molecule has 4 nitrogen and oxygen atoms in total. The molecule has 2 N–H and O–H groups in total. The van der Waals surface area contributed by atoms with Gasteiger partial charge >= 0.3 is 0 Å². The van der Waals surface area contributed by atoms with Crippen LogP contribution in [-0.2, 0) is 13.1 Å². The van der Waals surface area contributed by atoms with E-state index in [-0.39, 0.29) is 6.61 Å². The zero-order valence-corrected chi connectivity index (χ0v) is 12.4. The van der Waals surface area contributed by atoms with Gasteiger partial charge in [-0.2, -0.15) is 0 Å². The average molecular weight is 288 g/mol. The van der Waals surface area contributed by atoms with Gasteiger partial charge in [-0.3, -0.25) is 4.90 Å². The molecule has 1 atom stereocenters. The summed E-state index contributed by atoms with van der Waals surface area (Å²) < 4.78 is 2.25. The van der Waals surface area contributed by atoms with Crippen LogP contribution in [0.25, 0.3) is 10.9 Å². The second-order valence-corrected chi connectivity index (χ2v) is 6.01. The summed E-state index contributed by atoms with van der Waals surface area (Å²) in [5, 5.41) is 19.6. The van der Waals surface area contributed by atoms with Crippen molar-refractivity contribution in [3.05, 3.63) is 36.0 Å². The van der Waals surface area contributed by atoms with Crippen LogP contribution in [0, 0.1) is 5.92 Å². The van der Waals surface area contributed by atoms with Crippen LogP contribution in [0.4, 0.5) is 0 Å². The molecule has 0 aliphatic carbocycles. The number of aromatic nitrogens is 1. The Morgan fingerprint density at radius 1 is 1.19 bits per heavy atom. The van der Waals surface area contributed by atoms with Gasteiger partial charge < -0.3 is 14.8 Å². The molecular weight excluding hydrogens is 264 g/mol. The molecule has 1 aliphatic rings. The highest BCUT2D eigenvalue weighted by molar-refractivity contribution is 5.83. The lowest BCUT2D eigenvalue weighted by Gasteiger charge is -2.14. The molecule has 3 rings (SSSR count). The molecule has 2 heterocycles. The fourth-order valence-corrected chi connectivity index (χ4v) is 3.32. The number of likely N-dealkylation sites (tertiary alicyclic amines) is 1. The molecule has 4 heteroatoms. The number of aryl methyl sites for hydroxylation is 1. The molecule has 114 valence electrons. The molecule has 0 amide bonds. The zero-order chi connectivity index (χ0) is 14.7. The summed E-state index contributed by atoms with van der Waals surface area (Å²) in [6, 6.07) is 8.48. The Balaban J connectivity index is 1.81. The molecule has 0 unspecified atom stereocenters. The van der Waals surface area contributed by atoms with Gasteiger partial charge in [-0.25, -0.2) is 0 Å². The Morgan fingerprint density at radius 3 is 2.81 bits per heavy atom. The molecule has 1 saturated heterocycles. The van der Waals surface area contributed by atoms with Gasteiger partial charge in [0, 0.05) is 49.9 Å². The van der Waals surface area contributed by atoms with Crippen molar-refractivity contribution in [3.8, 4) is 0 Å². The highest BCUT2D eigenvalue weighted by atomic mass is 16.3. The number of para-hydroxylation sites is 1. The van der Waals surface area contributed by atoms with Gasteiger partial charge in [-0.05, 0) is 36.9 Å². The maximum atomic E-state index is 9.27. The fraction of sp³-hybridized carbons (Fsp3) is 0.529. The number of nitrogens with zero attached hydrogens (tertiary/aromatic N) is 2. The number of rotatable bonds is 6. The largest absolute Gasteiger partial charge is 0.396 e. The number of benzene rings is 1. The van der Waals surface area contributed by atoms with E-state index in [2.05, 4.69) is 39.9 Å². The monoisotopic (exact) mass is 288 g/mol. The highest BCUT2D eigenvalue weighted by Gasteiger charge is 2.22. The summed E-state index contributed by atoms with van der Waals surface area (Å²) in [5.74, 6) is 0.438. The molecule has 0 radical (unpaired) electrons. The lowest BCUT2D eigenvalue weighted by atomic mass is 10.1. The van der Waals surface area contributed by atoms with Crippen molar-refractivity contribution in [1.29, 1.82) is 0 Å². The van der Waals surface area contributed by atoms with Crippen LogP contribution in [0.3, 0.4) is 0 Å². The van der Waals surface area contributed by atoms with Crippen molar-refractivity contribution in [1.82, 2.24) is 9.47 Å². The predicted octanol–water partition coefficient (Wildman–Crippen LogP) is 1.84. The van der Waals surface area contributed by atoms with Crippen molar-refractivity contribution in [2.45, 2.75) is 25.9 Å².